The molecule has 4 rings (SSSR count). The maximum atomic E-state index is 12.1. The van der Waals surface area contributed by atoms with Crippen molar-refractivity contribution in [1.29, 1.82) is 0 Å². The molecule has 0 radical (unpaired) electrons. The molecule has 30 heavy (non-hydrogen) atoms. The third-order valence-corrected chi connectivity index (χ3v) is 5.98. The molecule has 0 atom stereocenters. The van der Waals surface area contributed by atoms with E-state index in [2.05, 4.69) is 28.4 Å². The van der Waals surface area contributed by atoms with E-state index in [1.165, 1.54) is 5.56 Å². The maximum Gasteiger partial charge on any atom is 0.301 e. The van der Waals surface area contributed by atoms with Crippen LogP contribution in [0.3, 0.4) is 0 Å². The molecule has 0 saturated carbocycles. The van der Waals surface area contributed by atoms with Crippen LogP contribution in [0.5, 0.6) is 0 Å². The van der Waals surface area contributed by atoms with Crippen LogP contribution in [0.1, 0.15) is 23.2 Å². The van der Waals surface area contributed by atoms with E-state index in [9.17, 15) is 9.59 Å². The van der Waals surface area contributed by atoms with E-state index in [1.807, 2.05) is 12.1 Å². The minimum absolute atomic E-state index is 0.279. The largest absolute Gasteiger partial charge is 0.372 e. The van der Waals surface area contributed by atoms with Crippen LogP contribution in [0.25, 0.3) is 0 Å². The second kappa shape index (κ2) is 8.58. The molecule has 0 spiro atoms. The number of pyridine rings is 1. The minimum atomic E-state index is -0.533. The van der Waals surface area contributed by atoms with E-state index < -0.39 is 10.9 Å². The van der Waals surface area contributed by atoms with Gasteiger partial charge in [-0.1, -0.05) is 35.3 Å². The quantitative estimate of drug-likeness (QED) is 0.331. The summed E-state index contributed by atoms with van der Waals surface area (Å²) in [7, 11) is 0. The van der Waals surface area contributed by atoms with E-state index in [0.29, 0.717) is 35.2 Å². The lowest BCUT2D eigenvalue weighted by molar-refractivity contribution is -0.431. The molecule has 0 aliphatic carbocycles. The first-order valence-electron chi connectivity index (χ1n) is 9.76. The van der Waals surface area contributed by atoms with Crippen molar-refractivity contribution in [3.05, 3.63) is 77.6 Å². The first kappa shape index (κ1) is 20.6. The van der Waals surface area contributed by atoms with Crippen LogP contribution in [0, 0.1) is 0 Å². The number of halogens is 2. The Hall–Kier alpha value is -2.70. The van der Waals surface area contributed by atoms with Crippen molar-refractivity contribution < 1.29 is 4.58 Å². The Labute approximate surface area is 183 Å². The van der Waals surface area contributed by atoms with Crippen molar-refractivity contribution in [2.24, 2.45) is 0 Å². The van der Waals surface area contributed by atoms with Crippen molar-refractivity contribution in [3.63, 3.8) is 0 Å². The Morgan fingerprint density at radius 3 is 2.77 bits per heavy atom. The Morgan fingerprint density at radius 2 is 1.97 bits per heavy atom. The van der Waals surface area contributed by atoms with E-state index in [0.717, 1.165) is 36.5 Å². The standard InChI is InChI=1S/C22H20Cl2N4O2/c1-28(10-8-15-6-5-14-3-2-9-25-22(14)27-15)19-18(20(29)21(19)30)26-12-13-4-7-16(23)17(24)11-13/h4-7,11H,1-3,8-10,12H2,(H-,25,26,27,30)/p+1. The molecule has 1 aliphatic heterocycles. The number of anilines is 2. The fourth-order valence-corrected chi connectivity index (χ4v) is 3.88. The van der Waals surface area contributed by atoms with Gasteiger partial charge in [0.15, 0.2) is 12.2 Å². The second-order valence-electron chi connectivity index (χ2n) is 7.34. The van der Waals surface area contributed by atoms with Crippen molar-refractivity contribution >= 4 is 47.1 Å². The Bertz CT molecular complexity index is 1200. The molecule has 6 nitrogen and oxygen atoms in total. The summed E-state index contributed by atoms with van der Waals surface area (Å²) in [4.78, 5) is 28.9. The molecular weight excluding hydrogens is 423 g/mol. The highest BCUT2D eigenvalue weighted by atomic mass is 35.5. The number of aryl methyl sites for hydroxylation is 1. The molecule has 154 valence electrons. The Kier molecular flexibility index (Phi) is 5.88. The SMILES string of the molecule is C=[N+](CCc1ccc2c(n1)NCCC2)c1c(NCc2ccc(Cl)c(Cl)c2)c(=O)c1=O. The molecule has 8 heteroatoms. The highest BCUT2D eigenvalue weighted by molar-refractivity contribution is 6.42. The smallest absolute Gasteiger partial charge is 0.301 e. The van der Waals surface area contributed by atoms with Gasteiger partial charge in [0.05, 0.1) is 10.0 Å². The van der Waals surface area contributed by atoms with E-state index >= 15 is 0 Å². The summed E-state index contributed by atoms with van der Waals surface area (Å²) < 4.78 is 1.56. The molecule has 0 fully saturated rings. The second-order valence-corrected chi connectivity index (χ2v) is 8.15. The first-order valence-corrected chi connectivity index (χ1v) is 10.5. The van der Waals surface area contributed by atoms with Gasteiger partial charge in [-0.25, -0.2) is 4.98 Å². The molecule has 1 aromatic heterocycles. The molecule has 3 aromatic rings. The van der Waals surface area contributed by atoms with Gasteiger partial charge < -0.3 is 10.6 Å². The lowest BCUT2D eigenvalue weighted by atomic mass is 10.1. The van der Waals surface area contributed by atoms with Crippen molar-refractivity contribution in [1.82, 2.24) is 4.98 Å². The van der Waals surface area contributed by atoms with Crippen LogP contribution in [0.2, 0.25) is 10.0 Å². The first-order chi connectivity index (χ1) is 14.4. The van der Waals surface area contributed by atoms with Gasteiger partial charge in [0.1, 0.15) is 12.5 Å². The van der Waals surface area contributed by atoms with Gasteiger partial charge in [-0.05, 0) is 42.2 Å². The molecular formula is C22H21Cl2N4O2+. The number of aromatic nitrogens is 1. The molecule has 0 saturated heterocycles. The Morgan fingerprint density at radius 1 is 1.13 bits per heavy atom. The predicted molar refractivity (Wildman–Crippen MR) is 122 cm³/mol. The van der Waals surface area contributed by atoms with Gasteiger partial charge >= 0.3 is 5.43 Å². The van der Waals surface area contributed by atoms with Crippen molar-refractivity contribution in [2.45, 2.75) is 25.8 Å². The van der Waals surface area contributed by atoms with Crippen LogP contribution in [0.15, 0.2) is 39.9 Å². The molecule has 1 aliphatic rings. The van der Waals surface area contributed by atoms with Gasteiger partial charge in [-0.15, -0.1) is 0 Å². The van der Waals surface area contributed by atoms with E-state index in [1.54, 1.807) is 16.7 Å². The summed E-state index contributed by atoms with van der Waals surface area (Å²) in [6.45, 7) is 5.71. The number of nitrogens with zero attached hydrogens (tertiary/aromatic N) is 2. The predicted octanol–water partition coefficient (Wildman–Crippen LogP) is 3.54. The summed E-state index contributed by atoms with van der Waals surface area (Å²) in [5, 5.41) is 7.25. The number of rotatable bonds is 7. The van der Waals surface area contributed by atoms with Crippen LogP contribution >= 0.6 is 23.2 Å². The summed E-state index contributed by atoms with van der Waals surface area (Å²) in [5.74, 6) is 0.937. The number of nitrogens with one attached hydrogen (secondary N) is 2. The summed E-state index contributed by atoms with van der Waals surface area (Å²) in [6, 6.07) is 9.33. The third kappa shape index (κ3) is 4.11. The van der Waals surface area contributed by atoms with Gasteiger partial charge in [0.2, 0.25) is 0 Å². The molecule has 0 bridgehead atoms. The van der Waals surface area contributed by atoms with Gasteiger partial charge in [-0.2, -0.15) is 4.58 Å². The molecule has 0 unspecified atom stereocenters. The van der Waals surface area contributed by atoms with E-state index in [-0.39, 0.29) is 5.69 Å². The van der Waals surface area contributed by atoms with Crippen LogP contribution < -0.4 is 21.5 Å². The summed E-state index contributed by atoms with van der Waals surface area (Å²) in [5.41, 5.74) is 2.52. The average molecular weight is 444 g/mol. The molecule has 2 N–H and O–H groups in total. The topological polar surface area (TPSA) is 74.1 Å². The van der Waals surface area contributed by atoms with Crippen molar-refractivity contribution in [3.8, 4) is 0 Å². The van der Waals surface area contributed by atoms with Gasteiger partial charge in [0, 0.05) is 25.2 Å². The fourth-order valence-electron chi connectivity index (χ4n) is 3.55. The average Bonchev–Trinajstić information content (AvgIpc) is 2.76. The molecule has 0 amide bonds. The minimum Gasteiger partial charge on any atom is -0.372 e. The lowest BCUT2D eigenvalue weighted by Gasteiger charge is -2.17. The number of hydrogen-bond acceptors (Lipinski definition) is 5. The monoisotopic (exact) mass is 443 g/mol. The fraction of sp³-hybridized carbons (Fsp3) is 0.273. The van der Waals surface area contributed by atoms with Gasteiger partial charge in [-0.3, -0.25) is 9.59 Å². The zero-order valence-electron chi connectivity index (χ0n) is 16.3. The summed E-state index contributed by atoms with van der Waals surface area (Å²) in [6.07, 6.45) is 2.76. The summed E-state index contributed by atoms with van der Waals surface area (Å²) >= 11 is 12.0. The van der Waals surface area contributed by atoms with Crippen LogP contribution in [-0.4, -0.2) is 29.4 Å². The Balaban J connectivity index is 1.42. The molecule has 2 heterocycles. The van der Waals surface area contributed by atoms with E-state index in [4.69, 9.17) is 23.2 Å². The third-order valence-electron chi connectivity index (χ3n) is 5.24. The van der Waals surface area contributed by atoms with Crippen molar-refractivity contribution in [2.75, 3.05) is 23.7 Å². The highest BCUT2D eigenvalue weighted by Gasteiger charge is 2.29. The molecule has 2 aromatic carbocycles. The maximum absolute atomic E-state index is 12.1. The zero-order valence-corrected chi connectivity index (χ0v) is 17.8. The normalized spacial score (nSPS) is 13.0. The van der Waals surface area contributed by atoms with Gasteiger partial charge in [0.25, 0.3) is 11.1 Å². The highest BCUT2D eigenvalue weighted by Crippen LogP contribution is 2.24. The van der Waals surface area contributed by atoms with Crippen LogP contribution in [0.4, 0.5) is 17.2 Å². The number of fused-ring (bicyclic) bond motifs is 1. The number of benzene rings is 1. The number of hydrogen-bond donors (Lipinski definition) is 2. The van der Waals surface area contributed by atoms with Crippen LogP contribution in [-0.2, 0) is 19.4 Å². The zero-order chi connectivity index (χ0) is 21.3. The lowest BCUT2D eigenvalue weighted by Crippen LogP contribution is -2.38.